The van der Waals surface area contributed by atoms with Crippen LogP contribution in [0.25, 0.3) is 0 Å². The number of ether oxygens (including phenoxy) is 3. The third-order valence-corrected chi connectivity index (χ3v) is 8.84. The fourth-order valence-electron chi connectivity index (χ4n) is 6.08. The Labute approximate surface area is 253 Å². The van der Waals surface area contributed by atoms with E-state index >= 15 is 0 Å². The lowest BCUT2D eigenvalue weighted by Crippen LogP contribution is -2.48. The van der Waals surface area contributed by atoms with Crippen molar-refractivity contribution in [2.45, 2.75) is 133 Å². The zero-order valence-electron chi connectivity index (χ0n) is 24.0. The van der Waals surface area contributed by atoms with E-state index in [-0.39, 0.29) is 22.6 Å². The molecule has 4 rings (SSSR count). The van der Waals surface area contributed by atoms with Crippen molar-refractivity contribution in [1.29, 1.82) is 0 Å². The Morgan fingerprint density at radius 1 is 1.00 bits per heavy atom. The molecule has 41 heavy (non-hydrogen) atoms. The number of esters is 1. The lowest BCUT2D eigenvalue weighted by atomic mass is 9.91. The zero-order chi connectivity index (χ0) is 29.3. The van der Waals surface area contributed by atoms with E-state index in [1.165, 1.54) is 69.9 Å². The first kappa shape index (κ1) is 32.1. The molecule has 2 fully saturated rings. The minimum Gasteiger partial charge on any atom is -0.458 e. The SMILES string of the molecule is CCCCCCCCCCCCCC1CC(OC(=O)c2cc(F)c(Cl)nc2Cl)CC2(CCC3(C=CC(=O)C=C3)O2)O1. The molecule has 1 aromatic heterocycles. The van der Waals surface area contributed by atoms with E-state index in [9.17, 15) is 14.0 Å². The highest BCUT2D eigenvalue weighted by Gasteiger charge is 2.53. The minimum atomic E-state index is -0.950. The molecule has 1 aliphatic carbocycles. The molecule has 3 heterocycles. The van der Waals surface area contributed by atoms with Gasteiger partial charge in [-0.3, -0.25) is 4.79 Å². The van der Waals surface area contributed by atoms with Crippen molar-refractivity contribution < 1.29 is 28.2 Å². The molecule has 0 aromatic carbocycles. The Morgan fingerprint density at radius 2 is 1.63 bits per heavy atom. The topological polar surface area (TPSA) is 74.7 Å². The van der Waals surface area contributed by atoms with E-state index in [1.807, 2.05) is 0 Å². The molecule has 3 atom stereocenters. The van der Waals surface area contributed by atoms with Crippen molar-refractivity contribution in [3.05, 3.63) is 52.1 Å². The standard InChI is InChI=1S/C32H42Cl2FNO5/c1-2-3-4-5-6-7-8-9-10-11-12-13-24-20-25(39-30(38)26-21-27(35)29(34)36-28(26)33)22-32(40-24)19-18-31(41-32)16-14-23(37)15-17-31/h14-17,21,24-25H,2-13,18-20,22H2,1H3. The molecular formula is C32H42Cl2FNO5. The van der Waals surface area contributed by atoms with Crippen molar-refractivity contribution in [2.24, 2.45) is 0 Å². The van der Waals surface area contributed by atoms with Gasteiger partial charge in [-0.15, -0.1) is 0 Å². The molecule has 2 aliphatic heterocycles. The van der Waals surface area contributed by atoms with Crippen LogP contribution in [0.4, 0.5) is 4.39 Å². The van der Waals surface area contributed by atoms with Crippen LogP contribution in [0.5, 0.6) is 0 Å². The molecule has 226 valence electrons. The number of carbonyl (C=O) groups excluding carboxylic acids is 2. The van der Waals surface area contributed by atoms with Gasteiger partial charge in [-0.25, -0.2) is 14.2 Å². The molecule has 9 heteroatoms. The highest BCUT2D eigenvalue weighted by Crippen LogP contribution is 2.48. The summed E-state index contributed by atoms with van der Waals surface area (Å²) >= 11 is 11.8. The summed E-state index contributed by atoms with van der Waals surface area (Å²) in [6, 6.07) is 0.952. The van der Waals surface area contributed by atoms with Gasteiger partial charge in [-0.1, -0.05) is 101 Å². The fraction of sp³-hybridized carbons (Fsp3) is 0.656. The second-order valence-corrected chi connectivity index (χ2v) is 12.4. The molecule has 0 bridgehead atoms. The minimum absolute atomic E-state index is 0.0772. The molecule has 2 saturated heterocycles. The lowest BCUT2D eigenvalue weighted by molar-refractivity contribution is -0.291. The van der Waals surface area contributed by atoms with Gasteiger partial charge in [0.2, 0.25) is 0 Å². The highest BCUT2D eigenvalue weighted by molar-refractivity contribution is 6.34. The fourth-order valence-corrected chi connectivity index (χ4v) is 6.48. The van der Waals surface area contributed by atoms with Crippen LogP contribution in [-0.4, -0.2) is 40.3 Å². The molecule has 6 nitrogen and oxygen atoms in total. The first-order chi connectivity index (χ1) is 19.7. The summed E-state index contributed by atoms with van der Waals surface area (Å²) in [7, 11) is 0. The largest absolute Gasteiger partial charge is 0.458 e. The summed E-state index contributed by atoms with van der Waals surface area (Å²) in [6.07, 6.45) is 22.7. The maximum Gasteiger partial charge on any atom is 0.341 e. The van der Waals surface area contributed by atoms with E-state index in [4.69, 9.17) is 37.4 Å². The Bertz CT molecular complexity index is 1110. The Balaban J connectivity index is 1.33. The average molecular weight is 611 g/mol. The van der Waals surface area contributed by atoms with Crippen LogP contribution in [-0.2, 0) is 19.0 Å². The molecule has 2 spiro atoms. The molecule has 0 N–H and O–H groups in total. The zero-order valence-corrected chi connectivity index (χ0v) is 25.5. The number of rotatable bonds is 14. The first-order valence-electron chi connectivity index (χ1n) is 15.3. The molecule has 0 saturated carbocycles. The normalized spacial score (nSPS) is 24.9. The molecule has 1 aromatic rings. The number of hydrogen-bond donors (Lipinski definition) is 0. The quantitative estimate of drug-likeness (QED) is 0.119. The van der Waals surface area contributed by atoms with Gasteiger partial charge in [0.1, 0.15) is 16.9 Å². The Hall–Kier alpha value is -1.80. The van der Waals surface area contributed by atoms with Gasteiger partial charge in [0.05, 0.1) is 11.7 Å². The van der Waals surface area contributed by atoms with E-state index in [0.717, 1.165) is 25.3 Å². The maximum atomic E-state index is 14.0. The Morgan fingerprint density at radius 3 is 2.29 bits per heavy atom. The van der Waals surface area contributed by atoms with Gasteiger partial charge in [-0.2, -0.15) is 0 Å². The van der Waals surface area contributed by atoms with Crippen LogP contribution in [0.15, 0.2) is 30.4 Å². The number of nitrogens with zero attached hydrogens (tertiary/aromatic N) is 1. The lowest BCUT2D eigenvalue weighted by Gasteiger charge is -2.43. The van der Waals surface area contributed by atoms with Gasteiger partial charge < -0.3 is 14.2 Å². The average Bonchev–Trinajstić information content (AvgIpc) is 3.27. The van der Waals surface area contributed by atoms with Crippen molar-refractivity contribution in [2.75, 3.05) is 0 Å². The van der Waals surface area contributed by atoms with Gasteiger partial charge >= 0.3 is 5.97 Å². The second-order valence-electron chi connectivity index (χ2n) is 11.7. The summed E-state index contributed by atoms with van der Waals surface area (Å²) in [4.78, 5) is 28.4. The number of pyridine rings is 1. The molecule has 0 amide bonds. The summed E-state index contributed by atoms with van der Waals surface area (Å²) in [5.74, 6) is -2.63. The van der Waals surface area contributed by atoms with Crippen LogP contribution in [0.1, 0.15) is 120 Å². The number of unbranched alkanes of at least 4 members (excludes halogenated alkanes) is 10. The molecule has 3 unspecified atom stereocenters. The van der Waals surface area contributed by atoms with Crippen LogP contribution in [0.3, 0.4) is 0 Å². The third kappa shape index (κ3) is 9.09. The number of halogens is 3. The van der Waals surface area contributed by atoms with E-state index in [2.05, 4.69) is 11.9 Å². The molecular weight excluding hydrogens is 568 g/mol. The summed E-state index contributed by atoms with van der Waals surface area (Å²) < 4.78 is 33.0. The van der Waals surface area contributed by atoms with Crippen LogP contribution >= 0.6 is 23.2 Å². The smallest absolute Gasteiger partial charge is 0.341 e. The molecule has 0 radical (unpaired) electrons. The van der Waals surface area contributed by atoms with Crippen molar-refractivity contribution >= 4 is 35.0 Å². The number of hydrogen-bond acceptors (Lipinski definition) is 6. The van der Waals surface area contributed by atoms with Gasteiger partial charge in [-0.05, 0) is 43.2 Å². The van der Waals surface area contributed by atoms with Gasteiger partial charge in [0.15, 0.2) is 22.5 Å². The summed E-state index contributed by atoms with van der Waals surface area (Å²) in [5.41, 5.74) is -0.885. The van der Waals surface area contributed by atoms with Gasteiger partial charge in [0.25, 0.3) is 0 Å². The monoisotopic (exact) mass is 609 g/mol. The predicted octanol–water partition coefficient (Wildman–Crippen LogP) is 8.87. The third-order valence-electron chi connectivity index (χ3n) is 8.29. The van der Waals surface area contributed by atoms with E-state index in [0.29, 0.717) is 25.7 Å². The number of allylic oxidation sites excluding steroid dienone is 2. The van der Waals surface area contributed by atoms with E-state index < -0.39 is 34.4 Å². The van der Waals surface area contributed by atoms with Crippen molar-refractivity contribution in [1.82, 2.24) is 4.98 Å². The predicted molar refractivity (Wildman–Crippen MR) is 158 cm³/mol. The van der Waals surface area contributed by atoms with Crippen LogP contribution in [0, 0.1) is 5.82 Å². The number of carbonyl (C=O) groups is 2. The summed E-state index contributed by atoms with van der Waals surface area (Å²) in [6.45, 7) is 2.24. The highest BCUT2D eigenvalue weighted by atomic mass is 35.5. The van der Waals surface area contributed by atoms with Crippen LogP contribution in [0.2, 0.25) is 10.3 Å². The first-order valence-corrected chi connectivity index (χ1v) is 16.0. The van der Waals surface area contributed by atoms with Gasteiger partial charge in [0, 0.05) is 19.3 Å². The van der Waals surface area contributed by atoms with E-state index in [1.54, 1.807) is 12.2 Å². The van der Waals surface area contributed by atoms with Crippen molar-refractivity contribution in [3.8, 4) is 0 Å². The Kier molecular flexibility index (Phi) is 11.8. The summed E-state index contributed by atoms with van der Waals surface area (Å²) in [5, 5.41) is -0.612. The van der Waals surface area contributed by atoms with Crippen molar-refractivity contribution in [3.63, 3.8) is 0 Å². The maximum absolute atomic E-state index is 14.0. The second kappa shape index (κ2) is 15.1. The number of ketones is 1. The number of aromatic nitrogens is 1. The van der Waals surface area contributed by atoms with Crippen LogP contribution < -0.4 is 0 Å². The molecule has 3 aliphatic rings.